The first-order chi connectivity index (χ1) is 14.1. The van der Waals surface area contributed by atoms with E-state index >= 15 is 0 Å². The van der Waals surface area contributed by atoms with Crippen LogP contribution in [0.15, 0.2) is 66.4 Å². The van der Waals surface area contributed by atoms with Crippen LogP contribution in [0.5, 0.6) is 5.75 Å². The molecule has 1 amide bonds. The highest BCUT2D eigenvalue weighted by Gasteiger charge is 2.12. The van der Waals surface area contributed by atoms with Crippen molar-refractivity contribution in [2.45, 2.75) is 6.61 Å². The standard InChI is InChI=1S/C23H16ClN3O2/c24-20-10-21-19(17(12-27-21)8-16(11-25)23(26)28)9-22(20)29-13-15-6-3-5-14-4-1-2-7-18(14)15/h1-10,12,27H,13H2,(H2,26,28)/b16-8+. The Labute approximate surface area is 172 Å². The van der Waals surface area contributed by atoms with Crippen LogP contribution in [0.2, 0.25) is 5.02 Å². The molecule has 0 unspecified atom stereocenters. The summed E-state index contributed by atoms with van der Waals surface area (Å²) in [4.78, 5) is 14.4. The molecule has 5 nitrogen and oxygen atoms in total. The fourth-order valence-corrected chi connectivity index (χ4v) is 3.48. The zero-order valence-corrected chi connectivity index (χ0v) is 16.0. The Bertz CT molecular complexity index is 1310. The highest BCUT2D eigenvalue weighted by atomic mass is 35.5. The molecule has 0 aliphatic carbocycles. The maximum absolute atomic E-state index is 11.4. The van der Waals surface area contributed by atoms with Gasteiger partial charge in [0.2, 0.25) is 0 Å². The molecule has 0 aliphatic rings. The first kappa shape index (κ1) is 18.6. The summed E-state index contributed by atoms with van der Waals surface area (Å²) in [5, 5.41) is 12.6. The number of nitrogens with zero attached hydrogens (tertiary/aromatic N) is 1. The van der Waals surface area contributed by atoms with Gasteiger partial charge in [-0.05, 0) is 34.5 Å². The molecule has 3 N–H and O–H groups in total. The highest BCUT2D eigenvalue weighted by molar-refractivity contribution is 6.32. The van der Waals surface area contributed by atoms with E-state index in [0.29, 0.717) is 22.9 Å². The van der Waals surface area contributed by atoms with E-state index in [1.54, 1.807) is 18.3 Å². The molecule has 142 valence electrons. The zero-order chi connectivity index (χ0) is 20.4. The smallest absolute Gasteiger partial charge is 0.259 e. The van der Waals surface area contributed by atoms with E-state index in [0.717, 1.165) is 27.2 Å². The Morgan fingerprint density at radius 1 is 1.17 bits per heavy atom. The van der Waals surface area contributed by atoms with Gasteiger partial charge in [-0.2, -0.15) is 5.26 Å². The summed E-state index contributed by atoms with van der Waals surface area (Å²) in [5.41, 5.74) is 7.58. The van der Waals surface area contributed by atoms with Crippen LogP contribution in [-0.4, -0.2) is 10.9 Å². The number of nitrogens with one attached hydrogen (secondary N) is 1. The second kappa shape index (κ2) is 7.70. The summed E-state index contributed by atoms with van der Waals surface area (Å²) in [7, 11) is 0. The Balaban J connectivity index is 1.69. The molecule has 29 heavy (non-hydrogen) atoms. The maximum atomic E-state index is 11.4. The normalized spacial score (nSPS) is 11.5. The molecule has 4 aromatic rings. The van der Waals surface area contributed by atoms with Crippen molar-refractivity contribution in [3.8, 4) is 11.8 Å². The van der Waals surface area contributed by atoms with Crippen molar-refractivity contribution < 1.29 is 9.53 Å². The number of carbonyl (C=O) groups excluding carboxylic acids is 1. The summed E-state index contributed by atoms with van der Waals surface area (Å²) >= 11 is 6.39. The predicted molar refractivity (Wildman–Crippen MR) is 114 cm³/mol. The third-order valence-corrected chi connectivity index (χ3v) is 5.01. The monoisotopic (exact) mass is 401 g/mol. The average molecular weight is 402 g/mol. The van der Waals surface area contributed by atoms with Crippen LogP contribution < -0.4 is 10.5 Å². The molecule has 0 fully saturated rings. The quantitative estimate of drug-likeness (QED) is 0.366. The molecule has 4 rings (SSSR count). The van der Waals surface area contributed by atoms with Gasteiger partial charge in [-0.1, -0.05) is 54.1 Å². The lowest BCUT2D eigenvalue weighted by Crippen LogP contribution is -2.12. The van der Waals surface area contributed by atoms with E-state index in [2.05, 4.69) is 23.2 Å². The largest absolute Gasteiger partial charge is 0.487 e. The SMILES string of the molecule is N#C/C(=C\c1c[nH]c2cc(Cl)c(OCc3cccc4ccccc34)cc12)C(N)=O. The van der Waals surface area contributed by atoms with Crippen LogP contribution in [0.3, 0.4) is 0 Å². The van der Waals surface area contributed by atoms with E-state index < -0.39 is 5.91 Å². The number of H-pyrrole nitrogens is 1. The van der Waals surface area contributed by atoms with Gasteiger partial charge < -0.3 is 15.5 Å². The predicted octanol–water partition coefficient (Wildman–Crippen LogP) is 4.95. The number of rotatable bonds is 5. The summed E-state index contributed by atoms with van der Waals surface area (Å²) in [6.45, 7) is 0.354. The topological polar surface area (TPSA) is 91.9 Å². The maximum Gasteiger partial charge on any atom is 0.259 e. The van der Waals surface area contributed by atoms with Crippen molar-refractivity contribution in [1.82, 2.24) is 4.98 Å². The molecule has 0 atom stereocenters. The van der Waals surface area contributed by atoms with E-state index in [-0.39, 0.29) is 5.57 Å². The van der Waals surface area contributed by atoms with Gasteiger partial charge in [0.15, 0.2) is 0 Å². The number of carbonyl (C=O) groups is 1. The molecule has 0 bridgehead atoms. The number of primary amides is 1. The number of aromatic nitrogens is 1. The lowest BCUT2D eigenvalue weighted by molar-refractivity contribution is -0.114. The first-order valence-electron chi connectivity index (χ1n) is 8.88. The number of halogens is 1. The Hall–Kier alpha value is -3.75. The van der Waals surface area contributed by atoms with Crippen LogP contribution in [0.4, 0.5) is 0 Å². The van der Waals surface area contributed by atoms with E-state index in [1.165, 1.54) is 6.08 Å². The lowest BCUT2D eigenvalue weighted by Gasteiger charge is -2.11. The molecule has 6 heteroatoms. The van der Waals surface area contributed by atoms with E-state index in [9.17, 15) is 4.79 Å². The minimum Gasteiger partial charge on any atom is -0.487 e. The molecule has 1 heterocycles. The number of hydrogen-bond acceptors (Lipinski definition) is 3. The minimum absolute atomic E-state index is 0.126. The van der Waals surface area contributed by atoms with Crippen molar-refractivity contribution in [1.29, 1.82) is 5.26 Å². The van der Waals surface area contributed by atoms with Gasteiger partial charge in [-0.3, -0.25) is 4.79 Å². The van der Waals surface area contributed by atoms with Crippen LogP contribution >= 0.6 is 11.6 Å². The fourth-order valence-electron chi connectivity index (χ4n) is 3.26. The van der Waals surface area contributed by atoms with Gasteiger partial charge >= 0.3 is 0 Å². The number of nitrogens with two attached hydrogens (primary N) is 1. The van der Waals surface area contributed by atoms with Gasteiger partial charge in [0.1, 0.15) is 24.0 Å². The van der Waals surface area contributed by atoms with Crippen LogP contribution in [-0.2, 0) is 11.4 Å². The lowest BCUT2D eigenvalue weighted by atomic mass is 10.1. The van der Waals surface area contributed by atoms with Gasteiger partial charge in [-0.15, -0.1) is 0 Å². The number of nitriles is 1. The molecule has 1 aromatic heterocycles. The number of fused-ring (bicyclic) bond motifs is 2. The second-order valence-electron chi connectivity index (χ2n) is 6.53. The highest BCUT2D eigenvalue weighted by Crippen LogP contribution is 2.33. The molecule has 0 radical (unpaired) electrons. The third kappa shape index (κ3) is 3.66. The first-order valence-corrected chi connectivity index (χ1v) is 9.26. The van der Waals surface area contributed by atoms with Crippen LogP contribution in [0.25, 0.3) is 27.8 Å². The number of hydrogen-bond donors (Lipinski definition) is 2. The van der Waals surface area contributed by atoms with Crippen molar-refractivity contribution in [3.63, 3.8) is 0 Å². The van der Waals surface area contributed by atoms with Crippen LogP contribution in [0, 0.1) is 11.3 Å². The molecule has 0 spiro atoms. The zero-order valence-electron chi connectivity index (χ0n) is 15.3. The van der Waals surface area contributed by atoms with Crippen LogP contribution in [0.1, 0.15) is 11.1 Å². The van der Waals surface area contributed by atoms with Gasteiger partial charge in [0, 0.05) is 22.7 Å². The Morgan fingerprint density at radius 2 is 1.97 bits per heavy atom. The summed E-state index contributed by atoms with van der Waals surface area (Å²) in [6.07, 6.45) is 3.14. The fraction of sp³-hybridized carbons (Fsp3) is 0.0435. The molecule has 0 saturated carbocycles. The molecular formula is C23H16ClN3O2. The van der Waals surface area contributed by atoms with E-state index in [1.807, 2.05) is 30.3 Å². The third-order valence-electron chi connectivity index (χ3n) is 4.72. The second-order valence-corrected chi connectivity index (χ2v) is 6.94. The summed E-state index contributed by atoms with van der Waals surface area (Å²) < 4.78 is 6.02. The minimum atomic E-state index is -0.775. The number of aromatic amines is 1. The van der Waals surface area contributed by atoms with Crippen molar-refractivity contribution in [2.75, 3.05) is 0 Å². The number of benzene rings is 3. The van der Waals surface area contributed by atoms with Gasteiger partial charge in [-0.25, -0.2) is 0 Å². The number of amides is 1. The molecule has 3 aromatic carbocycles. The van der Waals surface area contributed by atoms with Gasteiger partial charge in [0.25, 0.3) is 5.91 Å². The van der Waals surface area contributed by atoms with Crippen molar-refractivity contribution >= 4 is 45.3 Å². The summed E-state index contributed by atoms with van der Waals surface area (Å²) in [5.74, 6) is -0.262. The van der Waals surface area contributed by atoms with Crippen molar-refractivity contribution in [3.05, 3.63) is 82.5 Å². The van der Waals surface area contributed by atoms with E-state index in [4.69, 9.17) is 27.3 Å². The molecular weight excluding hydrogens is 386 g/mol. The van der Waals surface area contributed by atoms with Crippen molar-refractivity contribution in [2.24, 2.45) is 5.73 Å². The Kier molecular flexibility index (Phi) is 4.94. The average Bonchev–Trinajstić information content (AvgIpc) is 3.11. The van der Waals surface area contributed by atoms with Gasteiger partial charge in [0.05, 0.1) is 5.02 Å². The number of ether oxygens (including phenoxy) is 1. The molecule has 0 aliphatic heterocycles. The Morgan fingerprint density at radius 3 is 2.76 bits per heavy atom. The molecule has 0 saturated heterocycles. The summed E-state index contributed by atoms with van der Waals surface area (Å²) in [6, 6.07) is 19.5.